The topological polar surface area (TPSA) is 117 Å². The van der Waals surface area contributed by atoms with Crippen molar-refractivity contribution in [3.63, 3.8) is 0 Å². The maximum atomic E-state index is 13.4. The highest BCUT2D eigenvalue weighted by atomic mass is 32.2. The van der Waals surface area contributed by atoms with E-state index in [1.54, 1.807) is 67.6 Å². The number of hydrogen-bond donors (Lipinski definition) is 2. The molecule has 0 unspecified atom stereocenters. The van der Waals surface area contributed by atoms with E-state index in [4.69, 9.17) is 4.74 Å². The van der Waals surface area contributed by atoms with Crippen molar-refractivity contribution in [3.05, 3.63) is 84.4 Å². The minimum absolute atomic E-state index is 0.0464. The summed E-state index contributed by atoms with van der Waals surface area (Å²) in [5.74, 6) is -0.393. The second kappa shape index (κ2) is 11.3. The van der Waals surface area contributed by atoms with Gasteiger partial charge in [-0.25, -0.2) is 13.8 Å². The number of hydrazone groups is 1. The van der Waals surface area contributed by atoms with Crippen LogP contribution in [0.15, 0.2) is 88.9 Å². The predicted molar refractivity (Wildman–Crippen MR) is 135 cm³/mol. The van der Waals surface area contributed by atoms with Crippen molar-refractivity contribution in [1.82, 2.24) is 5.43 Å². The average molecular weight is 495 g/mol. The summed E-state index contributed by atoms with van der Waals surface area (Å²) in [6.07, 6.45) is 0. The molecule has 10 heteroatoms. The van der Waals surface area contributed by atoms with E-state index in [2.05, 4.69) is 15.8 Å². The summed E-state index contributed by atoms with van der Waals surface area (Å²) in [7, 11) is -2.58. The number of rotatable bonds is 9. The molecule has 3 aromatic carbocycles. The number of carbonyl (C=O) groups excluding carboxylic acids is 2. The van der Waals surface area contributed by atoms with Gasteiger partial charge in [-0.3, -0.25) is 13.9 Å². The van der Waals surface area contributed by atoms with Crippen molar-refractivity contribution in [2.75, 3.05) is 23.3 Å². The van der Waals surface area contributed by atoms with Crippen LogP contribution in [-0.2, 0) is 19.6 Å². The molecule has 0 saturated heterocycles. The molecule has 2 N–H and O–H groups in total. The predicted octanol–water partition coefficient (Wildman–Crippen LogP) is 3.39. The molecule has 35 heavy (non-hydrogen) atoms. The van der Waals surface area contributed by atoms with Crippen LogP contribution in [0.1, 0.15) is 19.4 Å². The van der Waals surface area contributed by atoms with Crippen LogP contribution < -0.4 is 19.8 Å². The molecule has 0 spiro atoms. The summed E-state index contributed by atoms with van der Waals surface area (Å²) in [6, 6.07) is 21.3. The van der Waals surface area contributed by atoms with Crippen LogP contribution in [0.2, 0.25) is 0 Å². The fourth-order valence-corrected chi connectivity index (χ4v) is 4.64. The minimum Gasteiger partial charge on any atom is -0.497 e. The standard InChI is InChI=1S/C25H26N4O5S/c1-18(20-9-7-10-21(15-20)26-19(2)30)27-28-25(31)17-29(22-11-8-12-23(16-22)34-3)35(32,33)24-13-5-4-6-14-24/h4-16H,17H2,1-3H3,(H,26,30)(H,28,31)/b27-18-. The van der Waals surface area contributed by atoms with Gasteiger partial charge in [0.2, 0.25) is 5.91 Å². The maximum absolute atomic E-state index is 13.4. The minimum atomic E-state index is -4.05. The zero-order valence-electron chi connectivity index (χ0n) is 19.6. The lowest BCUT2D eigenvalue weighted by Gasteiger charge is -2.24. The van der Waals surface area contributed by atoms with E-state index >= 15 is 0 Å². The Kier molecular flexibility index (Phi) is 8.21. The number of benzene rings is 3. The lowest BCUT2D eigenvalue weighted by molar-refractivity contribution is -0.119. The molecule has 0 radical (unpaired) electrons. The number of hydrogen-bond acceptors (Lipinski definition) is 6. The molecule has 182 valence electrons. The smallest absolute Gasteiger partial charge is 0.264 e. The Morgan fingerprint density at radius 2 is 1.66 bits per heavy atom. The van der Waals surface area contributed by atoms with Crippen molar-refractivity contribution in [1.29, 1.82) is 0 Å². The highest BCUT2D eigenvalue weighted by Crippen LogP contribution is 2.26. The van der Waals surface area contributed by atoms with Crippen LogP contribution in [0.4, 0.5) is 11.4 Å². The van der Waals surface area contributed by atoms with E-state index in [0.29, 0.717) is 22.7 Å². The molecule has 0 fully saturated rings. The molecule has 0 saturated carbocycles. The number of ether oxygens (including phenoxy) is 1. The third-order valence-electron chi connectivity index (χ3n) is 4.91. The van der Waals surface area contributed by atoms with E-state index in [-0.39, 0.29) is 16.5 Å². The lowest BCUT2D eigenvalue weighted by atomic mass is 10.1. The van der Waals surface area contributed by atoms with Gasteiger partial charge >= 0.3 is 0 Å². The Labute approximate surface area is 204 Å². The normalized spacial score (nSPS) is 11.5. The third kappa shape index (κ3) is 6.67. The van der Waals surface area contributed by atoms with Crippen molar-refractivity contribution >= 4 is 38.9 Å². The first-order chi connectivity index (χ1) is 16.7. The summed E-state index contributed by atoms with van der Waals surface area (Å²) in [5, 5.41) is 6.79. The zero-order chi connectivity index (χ0) is 25.4. The quantitative estimate of drug-likeness (QED) is 0.349. The van der Waals surface area contributed by atoms with Crippen LogP contribution in [0.3, 0.4) is 0 Å². The third-order valence-corrected chi connectivity index (χ3v) is 6.70. The van der Waals surface area contributed by atoms with Crippen LogP contribution in [0.25, 0.3) is 0 Å². The molecule has 3 aromatic rings. The number of carbonyl (C=O) groups is 2. The zero-order valence-corrected chi connectivity index (χ0v) is 20.4. The number of nitrogens with zero attached hydrogens (tertiary/aromatic N) is 2. The highest BCUT2D eigenvalue weighted by Gasteiger charge is 2.27. The number of methoxy groups -OCH3 is 1. The van der Waals surface area contributed by atoms with Gasteiger partial charge in [-0.15, -0.1) is 0 Å². The van der Waals surface area contributed by atoms with Gasteiger partial charge < -0.3 is 10.1 Å². The number of nitrogens with one attached hydrogen (secondary N) is 2. The molecule has 0 atom stereocenters. The van der Waals surface area contributed by atoms with E-state index in [1.165, 1.54) is 32.2 Å². The van der Waals surface area contributed by atoms with Gasteiger partial charge in [-0.1, -0.05) is 36.4 Å². The first-order valence-corrected chi connectivity index (χ1v) is 12.1. The van der Waals surface area contributed by atoms with Crippen molar-refractivity contribution < 1.29 is 22.7 Å². The molecule has 0 aromatic heterocycles. The van der Waals surface area contributed by atoms with Gasteiger partial charge in [0.15, 0.2) is 0 Å². The first kappa shape index (κ1) is 25.4. The van der Waals surface area contributed by atoms with Gasteiger partial charge in [-0.05, 0) is 48.9 Å². The Morgan fingerprint density at radius 3 is 2.34 bits per heavy atom. The second-order valence-electron chi connectivity index (χ2n) is 7.52. The van der Waals surface area contributed by atoms with Gasteiger partial charge in [0, 0.05) is 18.7 Å². The first-order valence-electron chi connectivity index (χ1n) is 10.6. The summed E-state index contributed by atoms with van der Waals surface area (Å²) in [6.45, 7) is 2.59. The summed E-state index contributed by atoms with van der Waals surface area (Å²) in [4.78, 5) is 24.1. The maximum Gasteiger partial charge on any atom is 0.264 e. The Morgan fingerprint density at radius 1 is 0.943 bits per heavy atom. The fourth-order valence-electron chi connectivity index (χ4n) is 3.20. The van der Waals surface area contributed by atoms with E-state index < -0.39 is 22.5 Å². The van der Waals surface area contributed by atoms with Crippen LogP contribution in [0.5, 0.6) is 5.75 Å². The fraction of sp³-hybridized carbons (Fsp3) is 0.160. The molecule has 3 rings (SSSR count). The average Bonchev–Trinajstić information content (AvgIpc) is 2.86. The summed E-state index contributed by atoms with van der Waals surface area (Å²) < 4.78 is 33.0. The molecule has 0 heterocycles. The molecule has 0 bridgehead atoms. The van der Waals surface area contributed by atoms with E-state index in [9.17, 15) is 18.0 Å². The Balaban J connectivity index is 1.85. The van der Waals surface area contributed by atoms with Crippen LogP contribution in [-0.4, -0.2) is 39.6 Å². The molecule has 0 aliphatic rings. The summed E-state index contributed by atoms with van der Waals surface area (Å²) >= 11 is 0. The Hall–Kier alpha value is -4.18. The Bertz CT molecular complexity index is 1340. The number of amides is 2. The largest absolute Gasteiger partial charge is 0.497 e. The van der Waals surface area contributed by atoms with Crippen molar-refractivity contribution in [3.8, 4) is 5.75 Å². The van der Waals surface area contributed by atoms with Gasteiger partial charge in [0.25, 0.3) is 15.9 Å². The van der Waals surface area contributed by atoms with Gasteiger partial charge in [-0.2, -0.15) is 5.10 Å². The van der Waals surface area contributed by atoms with E-state index in [0.717, 1.165) is 4.31 Å². The lowest BCUT2D eigenvalue weighted by Crippen LogP contribution is -2.39. The molecule has 0 aliphatic heterocycles. The monoisotopic (exact) mass is 494 g/mol. The molecule has 9 nitrogen and oxygen atoms in total. The molecule has 0 aliphatic carbocycles. The molecular formula is C25H26N4O5S. The SMILES string of the molecule is COc1cccc(N(CC(=O)N/N=C(/C)c2cccc(NC(C)=O)c2)S(=O)(=O)c2ccccc2)c1. The van der Waals surface area contributed by atoms with Gasteiger partial charge in [0.05, 0.1) is 23.4 Å². The number of anilines is 2. The van der Waals surface area contributed by atoms with Crippen LogP contribution >= 0.6 is 0 Å². The van der Waals surface area contributed by atoms with Gasteiger partial charge in [0.1, 0.15) is 12.3 Å². The summed E-state index contributed by atoms with van der Waals surface area (Å²) in [5.41, 5.74) is 4.44. The second-order valence-corrected chi connectivity index (χ2v) is 9.38. The molecule has 2 amide bonds. The highest BCUT2D eigenvalue weighted by molar-refractivity contribution is 7.92. The van der Waals surface area contributed by atoms with Crippen molar-refractivity contribution in [2.45, 2.75) is 18.7 Å². The van der Waals surface area contributed by atoms with E-state index in [1.807, 2.05) is 0 Å². The number of sulfonamides is 1. The van der Waals surface area contributed by atoms with Crippen molar-refractivity contribution in [2.24, 2.45) is 5.10 Å². The van der Waals surface area contributed by atoms with Crippen LogP contribution in [0, 0.1) is 0 Å². The molecular weight excluding hydrogens is 468 g/mol.